The van der Waals surface area contributed by atoms with Crippen molar-refractivity contribution in [1.29, 1.82) is 0 Å². The van der Waals surface area contributed by atoms with Gasteiger partial charge < -0.3 is 4.57 Å². The van der Waals surface area contributed by atoms with E-state index in [1.807, 2.05) is 6.20 Å². The molecule has 1 heterocycles. The maximum atomic E-state index is 4.46. The lowest BCUT2D eigenvalue weighted by Gasteiger charge is -2.29. The molecule has 2 nitrogen and oxygen atoms in total. The molecule has 1 aromatic carbocycles. The molecule has 2 heteroatoms. The van der Waals surface area contributed by atoms with Crippen LogP contribution in [-0.2, 0) is 6.42 Å². The molecule has 0 N–H and O–H groups in total. The van der Waals surface area contributed by atoms with E-state index in [9.17, 15) is 0 Å². The topological polar surface area (TPSA) is 17.8 Å². The molecule has 0 bridgehead atoms. The van der Waals surface area contributed by atoms with Gasteiger partial charge in [0.25, 0.3) is 0 Å². The summed E-state index contributed by atoms with van der Waals surface area (Å²) in [5, 5.41) is 0. The van der Waals surface area contributed by atoms with Crippen molar-refractivity contribution in [3.05, 3.63) is 54.6 Å². The molecule has 0 saturated heterocycles. The summed E-state index contributed by atoms with van der Waals surface area (Å²) >= 11 is 0. The Bertz CT molecular complexity index is 753. The van der Waals surface area contributed by atoms with E-state index in [2.05, 4.69) is 66.3 Å². The highest BCUT2D eigenvalue weighted by Gasteiger charge is 2.23. The Morgan fingerprint density at radius 3 is 1.45 bits per heavy atom. The van der Waals surface area contributed by atoms with Crippen molar-refractivity contribution in [2.45, 2.75) is 180 Å². The smallest absolute Gasteiger partial charge is 0.0948 e. The Balaban J connectivity index is 1.73. The van der Waals surface area contributed by atoms with Crippen molar-refractivity contribution < 1.29 is 0 Å². The Hall–Kier alpha value is -1.57. The van der Waals surface area contributed by atoms with Gasteiger partial charge >= 0.3 is 0 Å². The fraction of sp³-hybridized carbons (Fsp3) is 0.763. The highest BCUT2D eigenvalue weighted by atomic mass is 15.1. The number of aromatic nitrogens is 2. The van der Waals surface area contributed by atoms with Crippen LogP contribution in [0.1, 0.15) is 180 Å². The van der Waals surface area contributed by atoms with Gasteiger partial charge in [-0.3, -0.25) is 0 Å². The van der Waals surface area contributed by atoms with E-state index >= 15 is 0 Å². The van der Waals surface area contributed by atoms with Gasteiger partial charge in [0, 0.05) is 18.4 Å². The van der Waals surface area contributed by atoms with E-state index in [4.69, 9.17) is 0 Å². The van der Waals surface area contributed by atoms with Crippen LogP contribution in [0.3, 0.4) is 0 Å². The van der Waals surface area contributed by atoms with Gasteiger partial charge in [0.1, 0.15) is 0 Å². The monoisotopic (exact) mass is 551 g/mol. The molecule has 2 unspecified atom stereocenters. The van der Waals surface area contributed by atoms with Crippen molar-refractivity contribution >= 4 is 0 Å². The number of rotatable bonds is 28. The van der Waals surface area contributed by atoms with Gasteiger partial charge in [-0.2, -0.15) is 0 Å². The Kier molecular flexibility index (Phi) is 21.8. The summed E-state index contributed by atoms with van der Waals surface area (Å²) in [4.78, 5) is 4.46. The van der Waals surface area contributed by atoms with Crippen LogP contribution < -0.4 is 0 Å². The third-order valence-corrected chi connectivity index (χ3v) is 9.07. The molecule has 2 aromatic rings. The second kappa shape index (κ2) is 25.2. The van der Waals surface area contributed by atoms with Crippen molar-refractivity contribution in [2.75, 3.05) is 0 Å². The number of nitrogens with zero attached hydrogens (tertiary/aromatic N) is 2. The minimum Gasteiger partial charge on any atom is -0.334 e. The molecule has 2 rings (SSSR count). The molecule has 0 spiro atoms. The van der Waals surface area contributed by atoms with Gasteiger partial charge in [-0.1, -0.05) is 185 Å². The average molecular weight is 551 g/mol. The number of benzene rings is 1. The molecular weight excluding hydrogens is 484 g/mol. The second-order valence-corrected chi connectivity index (χ2v) is 12.7. The Morgan fingerprint density at radius 2 is 1.00 bits per heavy atom. The zero-order valence-corrected chi connectivity index (χ0v) is 26.8. The summed E-state index contributed by atoms with van der Waals surface area (Å²) in [7, 11) is 0. The van der Waals surface area contributed by atoms with E-state index in [0.29, 0.717) is 12.0 Å². The predicted octanol–water partition coefficient (Wildman–Crippen LogP) is 12.7. The molecule has 2 atom stereocenters. The maximum Gasteiger partial charge on any atom is 0.0948 e. The van der Waals surface area contributed by atoms with Crippen LogP contribution in [0, 0.1) is 5.92 Å². The van der Waals surface area contributed by atoms with Gasteiger partial charge in [-0.25, -0.2) is 4.98 Å². The molecule has 1 aromatic heterocycles. The van der Waals surface area contributed by atoms with Gasteiger partial charge in [0.2, 0.25) is 0 Å². The first-order valence-electron chi connectivity index (χ1n) is 17.9. The fourth-order valence-electron chi connectivity index (χ4n) is 6.53. The SMILES string of the molecule is CCCCCCCCCCCCCCCC(Cc1ccccc1)C(CCCCCCCCCCC)n1ccnc1. The summed E-state index contributed by atoms with van der Waals surface area (Å²) in [6.07, 6.45) is 41.3. The molecule has 0 aliphatic rings. The Labute approximate surface area is 250 Å². The molecule has 0 fully saturated rings. The summed E-state index contributed by atoms with van der Waals surface area (Å²) in [6.45, 7) is 4.61. The first-order valence-corrected chi connectivity index (χ1v) is 17.9. The number of hydrogen-bond acceptors (Lipinski definition) is 1. The second-order valence-electron chi connectivity index (χ2n) is 12.7. The van der Waals surface area contributed by atoms with Crippen LogP contribution in [0.2, 0.25) is 0 Å². The van der Waals surface area contributed by atoms with Crippen LogP contribution in [-0.4, -0.2) is 9.55 Å². The molecule has 0 amide bonds. The van der Waals surface area contributed by atoms with E-state index in [1.54, 1.807) is 0 Å². The first-order chi connectivity index (χ1) is 19.8. The fourth-order valence-corrected chi connectivity index (χ4v) is 6.53. The van der Waals surface area contributed by atoms with Crippen molar-refractivity contribution in [2.24, 2.45) is 5.92 Å². The molecule has 40 heavy (non-hydrogen) atoms. The Morgan fingerprint density at radius 1 is 0.550 bits per heavy atom. The lowest BCUT2D eigenvalue weighted by molar-refractivity contribution is 0.275. The zero-order chi connectivity index (χ0) is 28.4. The van der Waals surface area contributed by atoms with E-state index in [-0.39, 0.29) is 0 Å². The lowest BCUT2D eigenvalue weighted by Crippen LogP contribution is -2.21. The highest BCUT2D eigenvalue weighted by molar-refractivity contribution is 5.15. The first kappa shape index (κ1) is 34.6. The van der Waals surface area contributed by atoms with Crippen molar-refractivity contribution in [3.8, 4) is 0 Å². The molecule has 0 radical (unpaired) electrons. The quantitative estimate of drug-likeness (QED) is 0.0963. The maximum absolute atomic E-state index is 4.46. The standard InChI is InChI=1S/C38H66N2/c1-3-5-7-9-11-13-14-15-16-18-19-21-26-30-37(34-36-28-24-23-25-29-36)38(40-33-32-39-35-40)31-27-22-20-17-12-10-8-6-4-2/h23-25,28-29,32-33,35,37-38H,3-22,26-27,30-31,34H2,1-2H3. The highest BCUT2D eigenvalue weighted by Crippen LogP contribution is 2.32. The third-order valence-electron chi connectivity index (χ3n) is 9.07. The van der Waals surface area contributed by atoms with Crippen molar-refractivity contribution in [1.82, 2.24) is 9.55 Å². The third kappa shape index (κ3) is 17.3. The molecular formula is C38H66N2. The minimum absolute atomic E-state index is 0.574. The van der Waals surface area contributed by atoms with E-state index in [0.717, 1.165) is 0 Å². The largest absolute Gasteiger partial charge is 0.334 e. The van der Waals surface area contributed by atoms with Crippen LogP contribution in [0.25, 0.3) is 0 Å². The minimum atomic E-state index is 0.574. The van der Waals surface area contributed by atoms with Crippen molar-refractivity contribution in [3.63, 3.8) is 0 Å². The lowest BCUT2D eigenvalue weighted by atomic mass is 9.84. The van der Waals surface area contributed by atoms with E-state index in [1.165, 1.54) is 166 Å². The molecule has 0 aliphatic heterocycles. The zero-order valence-electron chi connectivity index (χ0n) is 26.8. The normalized spacial score (nSPS) is 13.1. The predicted molar refractivity (Wildman–Crippen MR) is 177 cm³/mol. The van der Waals surface area contributed by atoms with Gasteiger partial charge in [-0.05, 0) is 30.7 Å². The molecule has 0 saturated carbocycles. The summed E-state index contributed by atoms with van der Waals surface area (Å²) < 4.78 is 2.45. The number of hydrogen-bond donors (Lipinski definition) is 0. The van der Waals surface area contributed by atoms with Crippen LogP contribution in [0.15, 0.2) is 49.1 Å². The molecule has 228 valence electrons. The summed E-state index contributed by atoms with van der Waals surface area (Å²) in [5.74, 6) is 0.693. The summed E-state index contributed by atoms with van der Waals surface area (Å²) in [6, 6.07) is 11.8. The van der Waals surface area contributed by atoms with Crippen LogP contribution in [0.4, 0.5) is 0 Å². The number of unbranched alkanes of at least 4 members (excludes halogenated alkanes) is 20. The van der Waals surface area contributed by atoms with Crippen LogP contribution in [0.5, 0.6) is 0 Å². The molecule has 0 aliphatic carbocycles. The number of imidazole rings is 1. The summed E-state index contributed by atoms with van der Waals surface area (Å²) in [5.41, 5.74) is 1.50. The average Bonchev–Trinajstić information content (AvgIpc) is 3.51. The van der Waals surface area contributed by atoms with E-state index < -0.39 is 0 Å². The van der Waals surface area contributed by atoms with Gasteiger partial charge in [0.15, 0.2) is 0 Å². The van der Waals surface area contributed by atoms with Gasteiger partial charge in [0.05, 0.1) is 6.33 Å². The van der Waals surface area contributed by atoms with Crippen LogP contribution >= 0.6 is 0 Å². The van der Waals surface area contributed by atoms with Gasteiger partial charge in [-0.15, -0.1) is 0 Å².